The Bertz CT molecular complexity index is 323. The third kappa shape index (κ3) is 2.30. The predicted octanol–water partition coefficient (Wildman–Crippen LogP) is 1.56. The van der Waals surface area contributed by atoms with Crippen molar-refractivity contribution in [2.75, 3.05) is 13.6 Å². The molecule has 78 valence electrons. The zero-order valence-electron chi connectivity index (χ0n) is 8.76. The van der Waals surface area contributed by atoms with Crippen molar-refractivity contribution in [2.24, 2.45) is 0 Å². The van der Waals surface area contributed by atoms with Gasteiger partial charge < -0.3 is 10.4 Å². The molecule has 0 aliphatic heterocycles. The van der Waals surface area contributed by atoms with E-state index in [1.165, 1.54) is 6.07 Å². The topological polar surface area (TPSA) is 32.3 Å². The van der Waals surface area contributed by atoms with Crippen LogP contribution >= 0.6 is 0 Å². The molecule has 0 aliphatic carbocycles. The normalized spacial score (nSPS) is 15.2. The van der Waals surface area contributed by atoms with E-state index in [9.17, 15) is 9.50 Å². The molecule has 2 N–H and O–H groups in total. The van der Waals surface area contributed by atoms with Gasteiger partial charge in [0, 0.05) is 6.54 Å². The summed E-state index contributed by atoms with van der Waals surface area (Å²) in [6.07, 6.45) is 0. The minimum absolute atomic E-state index is 0.242. The summed E-state index contributed by atoms with van der Waals surface area (Å²) < 4.78 is 13.0. The Labute approximate surface area is 83.8 Å². The highest BCUT2D eigenvalue weighted by atomic mass is 19.1. The smallest absolute Gasteiger partial charge is 0.126 e. The Kier molecular flexibility index (Phi) is 3.24. The summed E-state index contributed by atoms with van der Waals surface area (Å²) in [7, 11) is 1.77. The molecule has 1 rings (SSSR count). The second-order valence-corrected chi connectivity index (χ2v) is 3.77. The Hall–Kier alpha value is -0.930. The maximum Gasteiger partial charge on any atom is 0.126 e. The molecule has 1 unspecified atom stereocenters. The number of benzene rings is 1. The van der Waals surface area contributed by atoms with E-state index in [4.69, 9.17) is 0 Å². The minimum atomic E-state index is -0.951. The molecule has 0 saturated heterocycles. The van der Waals surface area contributed by atoms with Gasteiger partial charge in [-0.05, 0) is 38.1 Å². The van der Waals surface area contributed by atoms with Crippen molar-refractivity contribution in [1.29, 1.82) is 0 Å². The van der Waals surface area contributed by atoms with Gasteiger partial charge in [-0.3, -0.25) is 0 Å². The van der Waals surface area contributed by atoms with Crippen LogP contribution in [0.3, 0.4) is 0 Å². The highest BCUT2D eigenvalue weighted by Crippen LogP contribution is 2.21. The van der Waals surface area contributed by atoms with Crippen LogP contribution in [0, 0.1) is 12.7 Å². The van der Waals surface area contributed by atoms with Gasteiger partial charge in [-0.1, -0.05) is 12.1 Å². The monoisotopic (exact) mass is 197 g/mol. The Morgan fingerprint density at radius 2 is 2.14 bits per heavy atom. The second kappa shape index (κ2) is 4.07. The molecule has 0 radical (unpaired) electrons. The Morgan fingerprint density at radius 1 is 1.50 bits per heavy atom. The van der Waals surface area contributed by atoms with E-state index >= 15 is 0 Å². The van der Waals surface area contributed by atoms with Crippen LogP contribution in [-0.2, 0) is 5.60 Å². The fourth-order valence-corrected chi connectivity index (χ4v) is 1.43. The summed E-state index contributed by atoms with van der Waals surface area (Å²) in [5, 5.41) is 12.9. The molecule has 14 heavy (non-hydrogen) atoms. The van der Waals surface area contributed by atoms with E-state index in [0.717, 1.165) is 5.56 Å². The third-order valence-corrected chi connectivity index (χ3v) is 2.30. The van der Waals surface area contributed by atoms with Crippen LogP contribution in [0.2, 0.25) is 0 Å². The van der Waals surface area contributed by atoms with Gasteiger partial charge in [0.05, 0.1) is 5.60 Å². The van der Waals surface area contributed by atoms with Crippen molar-refractivity contribution in [3.8, 4) is 0 Å². The van der Waals surface area contributed by atoms with Gasteiger partial charge in [-0.15, -0.1) is 0 Å². The van der Waals surface area contributed by atoms with E-state index < -0.39 is 5.60 Å². The SMILES string of the molecule is CNCC(C)(O)c1ccc(F)c(C)c1. The fraction of sp³-hybridized carbons (Fsp3) is 0.455. The van der Waals surface area contributed by atoms with E-state index in [-0.39, 0.29) is 5.82 Å². The zero-order valence-corrected chi connectivity index (χ0v) is 8.76. The minimum Gasteiger partial charge on any atom is -0.384 e. The zero-order chi connectivity index (χ0) is 10.8. The standard InChI is InChI=1S/C11H16FNO/c1-8-6-9(4-5-10(8)12)11(2,14)7-13-3/h4-6,13-14H,7H2,1-3H3. The van der Waals surface area contributed by atoms with Crippen LogP contribution in [0.15, 0.2) is 18.2 Å². The number of hydrogen-bond acceptors (Lipinski definition) is 2. The largest absolute Gasteiger partial charge is 0.384 e. The third-order valence-electron chi connectivity index (χ3n) is 2.30. The van der Waals surface area contributed by atoms with Crippen LogP contribution in [0.1, 0.15) is 18.1 Å². The molecule has 0 heterocycles. The van der Waals surface area contributed by atoms with Crippen molar-refractivity contribution < 1.29 is 9.50 Å². The van der Waals surface area contributed by atoms with Gasteiger partial charge >= 0.3 is 0 Å². The number of likely N-dealkylation sites (N-methyl/N-ethyl adjacent to an activating group) is 1. The molecule has 0 bridgehead atoms. The van der Waals surface area contributed by atoms with Crippen LogP contribution in [0.4, 0.5) is 4.39 Å². The predicted molar refractivity (Wildman–Crippen MR) is 54.6 cm³/mol. The maximum atomic E-state index is 13.0. The fourth-order valence-electron chi connectivity index (χ4n) is 1.43. The molecule has 0 spiro atoms. The molecule has 0 aliphatic rings. The first-order valence-electron chi connectivity index (χ1n) is 4.61. The van der Waals surface area contributed by atoms with Gasteiger partial charge in [0.15, 0.2) is 0 Å². The number of hydrogen-bond donors (Lipinski definition) is 2. The van der Waals surface area contributed by atoms with Crippen LogP contribution in [0.25, 0.3) is 0 Å². The molecule has 0 aromatic heterocycles. The lowest BCUT2D eigenvalue weighted by atomic mass is 9.94. The number of nitrogens with one attached hydrogen (secondary N) is 1. The number of aryl methyl sites for hydroxylation is 1. The first kappa shape index (κ1) is 11.1. The van der Waals surface area contributed by atoms with E-state index in [1.807, 2.05) is 0 Å². The molecule has 3 heteroatoms. The molecule has 0 fully saturated rings. The lowest BCUT2D eigenvalue weighted by Crippen LogP contribution is -2.33. The molecular weight excluding hydrogens is 181 g/mol. The van der Waals surface area contributed by atoms with E-state index in [2.05, 4.69) is 5.32 Å². The quantitative estimate of drug-likeness (QED) is 0.770. The van der Waals surface area contributed by atoms with Crippen molar-refractivity contribution in [1.82, 2.24) is 5.32 Å². The van der Waals surface area contributed by atoms with Crippen molar-refractivity contribution in [3.05, 3.63) is 35.1 Å². The van der Waals surface area contributed by atoms with Crippen molar-refractivity contribution in [2.45, 2.75) is 19.4 Å². The van der Waals surface area contributed by atoms with Gasteiger partial charge in [0.1, 0.15) is 5.82 Å². The summed E-state index contributed by atoms with van der Waals surface area (Å²) in [6.45, 7) is 3.84. The molecule has 1 aromatic carbocycles. The molecule has 0 saturated carbocycles. The van der Waals surface area contributed by atoms with E-state index in [1.54, 1.807) is 33.0 Å². The first-order valence-corrected chi connectivity index (χ1v) is 4.61. The van der Waals surface area contributed by atoms with Crippen LogP contribution < -0.4 is 5.32 Å². The molecular formula is C11H16FNO. The molecule has 1 atom stereocenters. The number of aliphatic hydroxyl groups is 1. The van der Waals surface area contributed by atoms with Gasteiger partial charge in [0.25, 0.3) is 0 Å². The molecule has 1 aromatic rings. The summed E-state index contributed by atoms with van der Waals surface area (Å²) in [5.41, 5.74) is 0.331. The van der Waals surface area contributed by atoms with Crippen molar-refractivity contribution >= 4 is 0 Å². The molecule has 2 nitrogen and oxygen atoms in total. The maximum absolute atomic E-state index is 13.0. The van der Waals surface area contributed by atoms with Crippen LogP contribution in [0.5, 0.6) is 0 Å². The Morgan fingerprint density at radius 3 is 2.64 bits per heavy atom. The van der Waals surface area contributed by atoms with Crippen molar-refractivity contribution in [3.63, 3.8) is 0 Å². The average molecular weight is 197 g/mol. The van der Waals surface area contributed by atoms with Gasteiger partial charge in [-0.25, -0.2) is 4.39 Å². The molecule has 0 amide bonds. The van der Waals surface area contributed by atoms with Crippen LogP contribution in [-0.4, -0.2) is 18.7 Å². The van der Waals surface area contributed by atoms with Gasteiger partial charge in [-0.2, -0.15) is 0 Å². The highest BCUT2D eigenvalue weighted by Gasteiger charge is 2.22. The number of halogens is 1. The Balaban J connectivity index is 3.01. The average Bonchev–Trinajstić information content (AvgIpc) is 2.09. The first-order chi connectivity index (χ1) is 6.47. The second-order valence-electron chi connectivity index (χ2n) is 3.77. The summed E-state index contributed by atoms with van der Waals surface area (Å²) in [5.74, 6) is -0.242. The lowest BCUT2D eigenvalue weighted by molar-refractivity contribution is 0.0590. The lowest BCUT2D eigenvalue weighted by Gasteiger charge is -2.23. The van der Waals surface area contributed by atoms with E-state index in [0.29, 0.717) is 12.1 Å². The number of rotatable bonds is 3. The summed E-state index contributed by atoms with van der Waals surface area (Å²) in [6, 6.07) is 4.67. The van der Waals surface area contributed by atoms with Gasteiger partial charge in [0.2, 0.25) is 0 Å². The summed E-state index contributed by atoms with van der Waals surface area (Å²) >= 11 is 0. The summed E-state index contributed by atoms with van der Waals surface area (Å²) in [4.78, 5) is 0. The highest BCUT2D eigenvalue weighted by molar-refractivity contribution is 5.28.